The van der Waals surface area contributed by atoms with Crippen LogP contribution in [0, 0.1) is 0 Å². The summed E-state index contributed by atoms with van der Waals surface area (Å²) in [6.07, 6.45) is 12.0. The van der Waals surface area contributed by atoms with E-state index in [1.165, 1.54) is 75.6 Å². The molecule has 140 valence electrons. The summed E-state index contributed by atoms with van der Waals surface area (Å²) in [5.41, 5.74) is 0. The lowest BCUT2D eigenvalue weighted by Crippen LogP contribution is -2.48. The minimum Gasteiger partial charge on any atom is -0.324 e. The van der Waals surface area contributed by atoms with Gasteiger partial charge in [-0.25, -0.2) is 0 Å². The van der Waals surface area contributed by atoms with Gasteiger partial charge in [-0.15, -0.1) is 0 Å². The van der Waals surface area contributed by atoms with E-state index in [1.54, 1.807) is 0 Å². The third-order valence-corrected chi connectivity index (χ3v) is 6.24. The Labute approximate surface area is 144 Å². The van der Waals surface area contributed by atoms with Gasteiger partial charge in [-0.1, -0.05) is 44.9 Å². The number of nitrogens with zero attached hydrogens (tertiary/aromatic N) is 1. The maximum atomic E-state index is 10.7. The fourth-order valence-corrected chi connectivity index (χ4v) is 3.96. The first kappa shape index (κ1) is 23.1. The van der Waals surface area contributed by atoms with Gasteiger partial charge in [0.1, 0.15) is 0 Å². The zero-order chi connectivity index (χ0) is 17.6. The van der Waals surface area contributed by atoms with Crippen molar-refractivity contribution in [1.82, 2.24) is 0 Å². The first-order chi connectivity index (χ1) is 10.9. The second kappa shape index (κ2) is 13.4. The first-order valence-electron chi connectivity index (χ1n) is 9.79. The maximum absolute atomic E-state index is 10.7. The molecule has 0 bridgehead atoms. The highest BCUT2D eigenvalue weighted by Crippen LogP contribution is 2.35. The summed E-state index contributed by atoms with van der Waals surface area (Å²) in [6.45, 7) is 12.1. The zero-order valence-corrected chi connectivity index (χ0v) is 16.7. The van der Waals surface area contributed by atoms with Crippen LogP contribution < -0.4 is 0 Å². The molecule has 0 aromatic rings. The fourth-order valence-electron chi connectivity index (χ4n) is 3.32. The molecule has 0 radical (unpaired) electrons. The van der Waals surface area contributed by atoms with Crippen molar-refractivity contribution in [2.24, 2.45) is 0 Å². The summed E-state index contributed by atoms with van der Waals surface area (Å²) in [7, 11) is -3.76. The van der Waals surface area contributed by atoms with E-state index < -0.39 is 7.60 Å². The lowest BCUT2D eigenvalue weighted by atomic mass is 10.1. The normalized spacial score (nSPS) is 12.7. The van der Waals surface area contributed by atoms with Gasteiger partial charge in [0.25, 0.3) is 0 Å². The standard InChI is InChI=1S/C18H40NO3P/c1-4-19(5-2,6-3)17-15-13-11-9-7-8-10-12-14-16-18-23(20,21)22/h4-18H2,1-3H3,(H-,20,21,22)/p+1. The van der Waals surface area contributed by atoms with Crippen molar-refractivity contribution in [1.29, 1.82) is 0 Å². The second-order valence-corrected chi connectivity index (χ2v) is 8.71. The van der Waals surface area contributed by atoms with Crippen LogP contribution in [-0.4, -0.2) is 46.6 Å². The molecule has 0 aliphatic heterocycles. The largest absolute Gasteiger partial charge is 0.325 e. The van der Waals surface area contributed by atoms with Crippen LogP contribution in [0.25, 0.3) is 0 Å². The van der Waals surface area contributed by atoms with Crippen molar-refractivity contribution in [3.05, 3.63) is 0 Å². The summed E-state index contributed by atoms with van der Waals surface area (Å²) in [6, 6.07) is 0. The summed E-state index contributed by atoms with van der Waals surface area (Å²) in [5.74, 6) is 0. The van der Waals surface area contributed by atoms with Crippen LogP contribution in [0.5, 0.6) is 0 Å². The molecule has 5 heteroatoms. The fraction of sp³-hybridized carbons (Fsp3) is 1.00. The van der Waals surface area contributed by atoms with E-state index in [1.807, 2.05) is 0 Å². The zero-order valence-electron chi connectivity index (χ0n) is 15.8. The molecule has 0 heterocycles. The van der Waals surface area contributed by atoms with Crippen LogP contribution in [0.4, 0.5) is 0 Å². The SMILES string of the molecule is CC[N+](CC)(CC)CCCCCCCCCCCCP(=O)(O)O. The number of hydrogen-bond acceptors (Lipinski definition) is 1. The molecule has 0 saturated carbocycles. The Bertz CT molecular complexity index is 305. The van der Waals surface area contributed by atoms with Crippen molar-refractivity contribution < 1.29 is 18.8 Å². The van der Waals surface area contributed by atoms with Crippen LogP contribution in [-0.2, 0) is 4.57 Å². The van der Waals surface area contributed by atoms with Crippen molar-refractivity contribution in [2.45, 2.75) is 85.0 Å². The van der Waals surface area contributed by atoms with Gasteiger partial charge >= 0.3 is 7.60 Å². The Hall–Kier alpha value is 0.110. The Morgan fingerprint density at radius 3 is 1.35 bits per heavy atom. The monoisotopic (exact) mass is 350 g/mol. The Morgan fingerprint density at radius 1 is 0.652 bits per heavy atom. The van der Waals surface area contributed by atoms with Crippen LogP contribution in [0.2, 0.25) is 0 Å². The molecule has 2 N–H and O–H groups in total. The molecule has 0 spiro atoms. The highest BCUT2D eigenvalue weighted by molar-refractivity contribution is 7.51. The smallest absolute Gasteiger partial charge is 0.324 e. The van der Waals surface area contributed by atoms with Gasteiger partial charge in [0.05, 0.1) is 26.2 Å². The Kier molecular flexibility index (Phi) is 13.5. The summed E-state index contributed by atoms with van der Waals surface area (Å²) in [5, 5.41) is 0. The minimum absolute atomic E-state index is 0.0558. The lowest BCUT2D eigenvalue weighted by molar-refractivity contribution is -0.923. The molecule has 23 heavy (non-hydrogen) atoms. The van der Waals surface area contributed by atoms with Crippen LogP contribution >= 0.6 is 7.60 Å². The van der Waals surface area contributed by atoms with E-state index in [-0.39, 0.29) is 6.16 Å². The average molecular weight is 351 g/mol. The molecule has 0 amide bonds. The van der Waals surface area contributed by atoms with Crippen LogP contribution in [0.3, 0.4) is 0 Å². The molecule has 0 aromatic heterocycles. The predicted octanol–water partition coefficient (Wildman–Crippen LogP) is 4.94. The van der Waals surface area contributed by atoms with Crippen molar-refractivity contribution in [3.8, 4) is 0 Å². The minimum atomic E-state index is -3.76. The van der Waals surface area contributed by atoms with E-state index >= 15 is 0 Å². The maximum Gasteiger partial charge on any atom is 0.325 e. The second-order valence-electron chi connectivity index (χ2n) is 6.94. The number of rotatable bonds is 16. The van der Waals surface area contributed by atoms with E-state index in [4.69, 9.17) is 9.79 Å². The van der Waals surface area contributed by atoms with Gasteiger partial charge in [0.2, 0.25) is 0 Å². The van der Waals surface area contributed by atoms with E-state index in [2.05, 4.69) is 20.8 Å². The van der Waals surface area contributed by atoms with E-state index in [9.17, 15) is 4.57 Å². The van der Waals surface area contributed by atoms with Crippen molar-refractivity contribution in [3.63, 3.8) is 0 Å². The van der Waals surface area contributed by atoms with E-state index in [0.29, 0.717) is 6.42 Å². The molecule has 0 aromatic carbocycles. The van der Waals surface area contributed by atoms with Crippen LogP contribution in [0.15, 0.2) is 0 Å². The molecule has 0 rings (SSSR count). The van der Waals surface area contributed by atoms with Crippen molar-refractivity contribution in [2.75, 3.05) is 32.3 Å². The summed E-state index contributed by atoms with van der Waals surface area (Å²) >= 11 is 0. The third-order valence-electron chi connectivity index (χ3n) is 5.34. The van der Waals surface area contributed by atoms with Crippen molar-refractivity contribution >= 4 is 7.60 Å². The quantitative estimate of drug-likeness (QED) is 0.235. The predicted molar refractivity (Wildman–Crippen MR) is 99.8 cm³/mol. The number of hydrogen-bond donors (Lipinski definition) is 2. The van der Waals surface area contributed by atoms with Crippen LogP contribution in [0.1, 0.15) is 85.0 Å². The molecular formula is C18H41NO3P+. The first-order valence-corrected chi connectivity index (χ1v) is 11.6. The molecule has 0 saturated heterocycles. The van der Waals surface area contributed by atoms with Gasteiger partial charge < -0.3 is 14.3 Å². The third kappa shape index (κ3) is 13.1. The Morgan fingerprint density at radius 2 is 1.00 bits per heavy atom. The molecule has 0 fully saturated rings. The van der Waals surface area contributed by atoms with Gasteiger partial charge in [0, 0.05) is 6.16 Å². The lowest BCUT2D eigenvalue weighted by Gasteiger charge is -2.35. The molecule has 0 atom stereocenters. The van der Waals surface area contributed by atoms with Gasteiger partial charge in [-0.3, -0.25) is 4.57 Å². The molecule has 4 nitrogen and oxygen atoms in total. The van der Waals surface area contributed by atoms with Gasteiger partial charge in [-0.05, 0) is 40.0 Å². The highest BCUT2D eigenvalue weighted by atomic mass is 31.2. The number of quaternary nitrogens is 1. The summed E-state index contributed by atoms with van der Waals surface area (Å²) in [4.78, 5) is 17.5. The summed E-state index contributed by atoms with van der Waals surface area (Å²) < 4.78 is 12.0. The van der Waals surface area contributed by atoms with Gasteiger partial charge in [0.15, 0.2) is 0 Å². The highest BCUT2D eigenvalue weighted by Gasteiger charge is 2.19. The topological polar surface area (TPSA) is 57.5 Å². The van der Waals surface area contributed by atoms with E-state index in [0.717, 1.165) is 12.8 Å². The Balaban J connectivity index is 3.36. The molecular weight excluding hydrogens is 309 g/mol. The molecule has 0 aliphatic carbocycles. The number of unbranched alkanes of at least 4 members (excludes halogenated alkanes) is 9. The molecule has 0 aliphatic rings. The van der Waals surface area contributed by atoms with Gasteiger partial charge in [-0.2, -0.15) is 0 Å². The average Bonchev–Trinajstić information content (AvgIpc) is 2.52. The molecule has 0 unspecified atom stereocenters.